The first-order chi connectivity index (χ1) is 8.49. The first-order valence-corrected chi connectivity index (χ1v) is 8.14. The van der Waals surface area contributed by atoms with Gasteiger partial charge in [0.1, 0.15) is 5.15 Å². The Morgan fingerprint density at radius 2 is 2.06 bits per heavy atom. The summed E-state index contributed by atoms with van der Waals surface area (Å²) in [6, 6.07) is 0. The maximum atomic E-state index is 6.22. The summed E-state index contributed by atoms with van der Waals surface area (Å²) in [5.41, 5.74) is 3.34. The first-order valence-electron chi connectivity index (χ1n) is 5.74. The van der Waals surface area contributed by atoms with Crippen molar-refractivity contribution in [1.82, 2.24) is 9.97 Å². The lowest BCUT2D eigenvalue weighted by Gasteiger charge is -2.10. The van der Waals surface area contributed by atoms with Crippen molar-refractivity contribution >= 4 is 45.5 Å². The van der Waals surface area contributed by atoms with Gasteiger partial charge in [-0.2, -0.15) is 11.3 Å². The average molecular weight is 393 g/mol. The maximum absolute atomic E-state index is 6.22. The van der Waals surface area contributed by atoms with Crippen molar-refractivity contribution in [3.05, 3.63) is 30.7 Å². The van der Waals surface area contributed by atoms with E-state index in [0.717, 1.165) is 27.1 Å². The molecule has 0 radical (unpaired) electrons. The maximum Gasteiger partial charge on any atom is 0.162 e. The monoisotopic (exact) mass is 392 g/mol. The second kappa shape index (κ2) is 5.84. The molecule has 0 aromatic carbocycles. The Bertz CT molecular complexity index is 566. The number of hydrogen-bond donors (Lipinski definition) is 0. The number of thiophene rings is 1. The Balaban J connectivity index is 2.51. The van der Waals surface area contributed by atoms with E-state index in [1.54, 1.807) is 11.3 Å². The summed E-state index contributed by atoms with van der Waals surface area (Å²) in [4.78, 5) is 9.08. The molecule has 0 spiro atoms. The molecule has 0 aliphatic rings. The molecule has 2 heterocycles. The van der Waals surface area contributed by atoms with Crippen molar-refractivity contribution in [2.45, 2.75) is 27.2 Å². The van der Waals surface area contributed by atoms with Gasteiger partial charge in [0, 0.05) is 10.9 Å². The summed E-state index contributed by atoms with van der Waals surface area (Å²) in [6.45, 7) is 6.44. The van der Waals surface area contributed by atoms with Crippen LogP contribution in [0.15, 0.2) is 10.8 Å². The van der Waals surface area contributed by atoms with Gasteiger partial charge in [-0.15, -0.1) is 0 Å². The predicted molar refractivity (Wildman–Crippen MR) is 86.4 cm³/mol. The zero-order valence-electron chi connectivity index (χ0n) is 10.5. The quantitative estimate of drug-likeness (QED) is 0.544. The predicted octanol–water partition coefficient (Wildman–Crippen LogP) is 4.97. The minimum Gasteiger partial charge on any atom is -0.232 e. The zero-order valence-corrected chi connectivity index (χ0v) is 14.2. The van der Waals surface area contributed by atoms with Gasteiger partial charge < -0.3 is 0 Å². The molecule has 5 heteroatoms. The van der Waals surface area contributed by atoms with Gasteiger partial charge in [-0.25, -0.2) is 9.97 Å². The van der Waals surface area contributed by atoms with Crippen LogP contribution in [0.25, 0.3) is 11.4 Å². The van der Waals surface area contributed by atoms with E-state index in [1.165, 1.54) is 5.56 Å². The fourth-order valence-electron chi connectivity index (χ4n) is 1.70. The smallest absolute Gasteiger partial charge is 0.162 e. The summed E-state index contributed by atoms with van der Waals surface area (Å²) in [5, 5.41) is 4.74. The van der Waals surface area contributed by atoms with Gasteiger partial charge in [-0.1, -0.05) is 25.4 Å². The Hall–Kier alpha value is -0.200. The average Bonchev–Trinajstić information content (AvgIpc) is 2.70. The van der Waals surface area contributed by atoms with Crippen LogP contribution in [0.2, 0.25) is 5.15 Å². The molecule has 0 atom stereocenters. The number of hydrogen-bond acceptors (Lipinski definition) is 3. The highest BCUT2D eigenvalue weighted by molar-refractivity contribution is 14.1. The third-order valence-electron chi connectivity index (χ3n) is 2.58. The Morgan fingerprint density at radius 3 is 2.61 bits per heavy atom. The van der Waals surface area contributed by atoms with Crippen LogP contribution in [-0.4, -0.2) is 9.97 Å². The topological polar surface area (TPSA) is 25.8 Å². The molecule has 0 aliphatic heterocycles. The molecule has 0 saturated carbocycles. The normalized spacial score (nSPS) is 11.2. The summed E-state index contributed by atoms with van der Waals surface area (Å²) < 4.78 is 0.972. The lowest BCUT2D eigenvalue weighted by Crippen LogP contribution is -2.04. The van der Waals surface area contributed by atoms with Crippen molar-refractivity contribution in [3.8, 4) is 11.4 Å². The highest BCUT2D eigenvalue weighted by Gasteiger charge is 2.14. The molecule has 0 bridgehead atoms. The van der Waals surface area contributed by atoms with Crippen LogP contribution in [0.3, 0.4) is 0 Å². The van der Waals surface area contributed by atoms with Crippen LogP contribution in [0, 0.1) is 16.4 Å². The lowest BCUT2D eigenvalue weighted by molar-refractivity contribution is 0.632. The molecule has 2 nitrogen and oxygen atoms in total. The van der Waals surface area contributed by atoms with Crippen LogP contribution in [0.4, 0.5) is 0 Å². The second-order valence-corrected chi connectivity index (χ2v) is 6.85. The number of aryl methyl sites for hydroxylation is 1. The van der Waals surface area contributed by atoms with Gasteiger partial charge in [-0.3, -0.25) is 0 Å². The molecule has 0 saturated heterocycles. The number of nitrogens with zero attached hydrogens (tertiary/aromatic N) is 2. The molecule has 0 N–H and O–H groups in total. The molecule has 18 heavy (non-hydrogen) atoms. The summed E-state index contributed by atoms with van der Waals surface area (Å²) in [6.07, 6.45) is 0.927. The van der Waals surface area contributed by atoms with Gasteiger partial charge >= 0.3 is 0 Å². The van der Waals surface area contributed by atoms with Crippen LogP contribution in [-0.2, 0) is 6.42 Å². The van der Waals surface area contributed by atoms with Gasteiger partial charge in [0.2, 0.25) is 0 Å². The standard InChI is InChI=1S/C13H14ClIN2S/c1-7(2)4-10-11(15)12(14)17-13(16-10)9-6-18-5-8(9)3/h5-7H,4H2,1-3H3. The third kappa shape index (κ3) is 3.03. The zero-order chi connectivity index (χ0) is 13.3. The molecule has 0 amide bonds. The molecular weight excluding hydrogens is 379 g/mol. The Kier molecular flexibility index (Phi) is 4.61. The highest BCUT2D eigenvalue weighted by atomic mass is 127. The van der Waals surface area contributed by atoms with E-state index in [0.29, 0.717) is 11.1 Å². The molecule has 0 aliphatic carbocycles. The SMILES string of the molecule is Cc1cscc1-c1nc(Cl)c(I)c(CC(C)C)n1. The lowest BCUT2D eigenvalue weighted by atomic mass is 10.1. The van der Waals surface area contributed by atoms with E-state index in [-0.39, 0.29) is 0 Å². The van der Waals surface area contributed by atoms with E-state index >= 15 is 0 Å². The summed E-state index contributed by atoms with van der Waals surface area (Å²) in [5.74, 6) is 1.30. The molecule has 0 unspecified atom stereocenters. The van der Waals surface area contributed by atoms with Gasteiger partial charge in [0.15, 0.2) is 5.82 Å². The van der Waals surface area contributed by atoms with Crippen LogP contribution < -0.4 is 0 Å². The van der Waals surface area contributed by atoms with E-state index in [9.17, 15) is 0 Å². The van der Waals surface area contributed by atoms with Gasteiger partial charge in [0.25, 0.3) is 0 Å². The molecule has 96 valence electrons. The minimum atomic E-state index is 0.556. The van der Waals surface area contributed by atoms with Crippen molar-refractivity contribution in [2.75, 3.05) is 0 Å². The van der Waals surface area contributed by atoms with Gasteiger partial charge in [-0.05, 0) is 52.8 Å². The molecule has 2 aromatic heterocycles. The van der Waals surface area contributed by atoms with E-state index in [1.807, 2.05) is 0 Å². The largest absolute Gasteiger partial charge is 0.232 e. The Morgan fingerprint density at radius 1 is 1.33 bits per heavy atom. The number of rotatable bonds is 3. The van der Waals surface area contributed by atoms with E-state index < -0.39 is 0 Å². The summed E-state index contributed by atoms with van der Waals surface area (Å²) >= 11 is 10.1. The molecule has 0 fully saturated rings. The molecule has 2 rings (SSSR count). The van der Waals surface area contributed by atoms with Crippen LogP contribution in [0.5, 0.6) is 0 Å². The van der Waals surface area contributed by atoms with Crippen molar-refractivity contribution in [1.29, 1.82) is 0 Å². The van der Waals surface area contributed by atoms with Crippen molar-refractivity contribution in [2.24, 2.45) is 5.92 Å². The second-order valence-electron chi connectivity index (χ2n) is 4.67. The highest BCUT2D eigenvalue weighted by Crippen LogP contribution is 2.28. The Labute approximate surface area is 130 Å². The first kappa shape index (κ1) is 14.2. The van der Waals surface area contributed by atoms with Crippen LogP contribution in [0.1, 0.15) is 25.1 Å². The van der Waals surface area contributed by atoms with Crippen LogP contribution >= 0.6 is 45.5 Å². The van der Waals surface area contributed by atoms with E-state index in [4.69, 9.17) is 11.6 Å². The van der Waals surface area contributed by atoms with Gasteiger partial charge in [0.05, 0.1) is 9.26 Å². The summed E-state index contributed by atoms with van der Waals surface area (Å²) in [7, 11) is 0. The minimum absolute atomic E-state index is 0.556. The number of aromatic nitrogens is 2. The third-order valence-corrected chi connectivity index (χ3v) is 5.16. The number of halogens is 2. The van der Waals surface area contributed by atoms with Crippen molar-refractivity contribution < 1.29 is 0 Å². The fourth-order valence-corrected chi connectivity index (χ4v) is 3.17. The van der Waals surface area contributed by atoms with E-state index in [2.05, 4.69) is 64.1 Å². The van der Waals surface area contributed by atoms with Crippen molar-refractivity contribution in [3.63, 3.8) is 0 Å². The fraction of sp³-hybridized carbons (Fsp3) is 0.385. The molecular formula is C13H14ClIN2S. The molecule has 2 aromatic rings.